The van der Waals surface area contributed by atoms with Crippen molar-refractivity contribution in [3.8, 4) is 5.69 Å². The number of pyridine rings is 1. The van der Waals surface area contributed by atoms with Crippen molar-refractivity contribution in [2.24, 2.45) is 4.99 Å². The molecule has 2 aliphatic rings. The predicted octanol–water partition coefficient (Wildman–Crippen LogP) is 4.16. The third-order valence-electron chi connectivity index (χ3n) is 5.36. The van der Waals surface area contributed by atoms with Gasteiger partial charge in [-0.2, -0.15) is 0 Å². The number of carbonyl (C=O) groups is 1. The average molecular weight is 404 g/mol. The monoisotopic (exact) mass is 404 g/mol. The van der Waals surface area contributed by atoms with Crippen LogP contribution in [0.15, 0.2) is 72.0 Å². The van der Waals surface area contributed by atoms with E-state index in [1.165, 1.54) is 0 Å². The van der Waals surface area contributed by atoms with Crippen molar-refractivity contribution in [1.29, 1.82) is 0 Å². The Morgan fingerprint density at radius 3 is 2.69 bits per heavy atom. The normalized spacial score (nSPS) is 23.1. The smallest absolute Gasteiger partial charge is 0.335 e. The van der Waals surface area contributed by atoms with E-state index in [1.807, 2.05) is 60.6 Å². The summed E-state index contributed by atoms with van der Waals surface area (Å²) in [6, 6.07) is 17.1. The number of rotatable bonds is 4. The van der Waals surface area contributed by atoms with Gasteiger partial charge in [0.2, 0.25) is 0 Å². The first-order valence-electron chi connectivity index (χ1n) is 9.55. The van der Waals surface area contributed by atoms with E-state index in [0.29, 0.717) is 5.25 Å². The highest BCUT2D eigenvalue weighted by Gasteiger charge is 2.44. The van der Waals surface area contributed by atoms with Crippen LogP contribution in [0.3, 0.4) is 0 Å². The fourth-order valence-electron chi connectivity index (χ4n) is 4.07. The van der Waals surface area contributed by atoms with Gasteiger partial charge >= 0.3 is 5.97 Å². The second-order valence-corrected chi connectivity index (χ2v) is 8.70. The molecule has 146 valence electrons. The molecule has 3 aromatic rings. The number of fused-ring (bicyclic) bond motifs is 1. The van der Waals surface area contributed by atoms with Gasteiger partial charge in [-0.25, -0.2) is 4.79 Å². The van der Waals surface area contributed by atoms with Crippen molar-refractivity contribution in [1.82, 2.24) is 14.5 Å². The minimum atomic E-state index is -0.920. The Kier molecular flexibility index (Phi) is 4.39. The molecule has 0 spiro atoms. The number of carboxylic acids is 1. The van der Waals surface area contributed by atoms with Gasteiger partial charge in [0.1, 0.15) is 6.04 Å². The minimum absolute atomic E-state index is 0.0477. The number of thioether (sulfide) groups is 1. The van der Waals surface area contributed by atoms with Crippen molar-refractivity contribution in [3.63, 3.8) is 0 Å². The summed E-state index contributed by atoms with van der Waals surface area (Å²) >= 11 is 1.82. The molecule has 1 N–H and O–H groups in total. The van der Waals surface area contributed by atoms with E-state index in [4.69, 9.17) is 4.99 Å². The Labute approximate surface area is 172 Å². The highest BCUT2D eigenvalue weighted by molar-refractivity contribution is 8.14. The van der Waals surface area contributed by atoms with Crippen molar-refractivity contribution in [2.75, 3.05) is 6.54 Å². The molecule has 1 fully saturated rings. The zero-order valence-corrected chi connectivity index (χ0v) is 16.7. The summed E-state index contributed by atoms with van der Waals surface area (Å²) in [7, 11) is 0. The lowest BCUT2D eigenvalue weighted by Crippen LogP contribution is -2.30. The molecule has 29 heavy (non-hydrogen) atoms. The van der Waals surface area contributed by atoms with Crippen LogP contribution in [-0.4, -0.2) is 42.5 Å². The lowest BCUT2D eigenvalue weighted by molar-refractivity contribution is 0.0697. The van der Waals surface area contributed by atoms with E-state index in [1.54, 1.807) is 12.1 Å². The first-order chi connectivity index (χ1) is 14.1. The van der Waals surface area contributed by atoms with Crippen molar-refractivity contribution >= 4 is 22.9 Å². The number of carboxylic acid groups (broad SMARTS) is 1. The van der Waals surface area contributed by atoms with Crippen LogP contribution in [0.25, 0.3) is 5.69 Å². The first-order valence-corrected chi connectivity index (χ1v) is 10.4. The number of aliphatic imine (C=N–C) groups is 1. The van der Waals surface area contributed by atoms with E-state index >= 15 is 0 Å². The van der Waals surface area contributed by atoms with Gasteiger partial charge in [0, 0.05) is 35.6 Å². The number of hydrogen-bond acceptors (Lipinski definition) is 5. The molecule has 2 aliphatic heterocycles. The molecule has 0 aliphatic carbocycles. The van der Waals surface area contributed by atoms with Gasteiger partial charge in [-0.05, 0) is 48.5 Å². The maximum absolute atomic E-state index is 11.2. The average Bonchev–Trinajstić information content (AvgIpc) is 3.42. The first kappa shape index (κ1) is 18.0. The summed E-state index contributed by atoms with van der Waals surface area (Å²) in [4.78, 5) is 23.2. The van der Waals surface area contributed by atoms with Crippen molar-refractivity contribution in [2.45, 2.75) is 24.3 Å². The number of aromatic nitrogens is 2. The second-order valence-electron chi connectivity index (χ2n) is 7.29. The molecule has 7 heteroatoms. The molecule has 0 saturated carbocycles. The van der Waals surface area contributed by atoms with E-state index < -0.39 is 5.97 Å². The molecule has 1 aromatic carbocycles. The van der Waals surface area contributed by atoms with Crippen LogP contribution in [-0.2, 0) is 0 Å². The molecule has 1 saturated heterocycles. The second kappa shape index (κ2) is 7.08. The molecule has 3 atom stereocenters. The van der Waals surface area contributed by atoms with Crippen molar-refractivity contribution in [3.05, 3.63) is 83.9 Å². The fraction of sp³-hybridized carbons (Fsp3) is 0.227. The third kappa shape index (κ3) is 3.11. The van der Waals surface area contributed by atoms with Crippen LogP contribution in [0.2, 0.25) is 0 Å². The summed E-state index contributed by atoms with van der Waals surface area (Å²) in [5.74, 6) is -0.920. The van der Waals surface area contributed by atoms with Gasteiger partial charge in [-0.15, -0.1) is 0 Å². The third-order valence-corrected chi connectivity index (χ3v) is 6.46. The summed E-state index contributed by atoms with van der Waals surface area (Å²) in [6.45, 7) is 3.17. The molecule has 0 radical (unpaired) electrons. The maximum Gasteiger partial charge on any atom is 0.335 e. The van der Waals surface area contributed by atoms with Crippen LogP contribution < -0.4 is 0 Å². The van der Waals surface area contributed by atoms with E-state index in [0.717, 1.165) is 28.8 Å². The molecule has 6 nitrogen and oxygen atoms in total. The summed E-state index contributed by atoms with van der Waals surface area (Å²) < 4.78 is 2.12. The molecular weight excluding hydrogens is 384 g/mol. The minimum Gasteiger partial charge on any atom is -0.478 e. The summed E-state index contributed by atoms with van der Waals surface area (Å²) in [6.07, 6.45) is 3.83. The van der Waals surface area contributed by atoms with Gasteiger partial charge < -0.3 is 14.6 Å². The van der Waals surface area contributed by atoms with Crippen LogP contribution in [0.1, 0.15) is 40.8 Å². The molecule has 0 unspecified atom stereocenters. The zero-order valence-electron chi connectivity index (χ0n) is 15.8. The highest BCUT2D eigenvalue weighted by atomic mass is 32.2. The SMILES string of the molecule is C[C@@H]1CN2C(=N[C@H](c3ccccn3)[C@H]2c2cccn2-c2ccc(C(=O)O)cc2)S1. The van der Waals surface area contributed by atoms with Crippen LogP contribution in [0, 0.1) is 0 Å². The molecule has 5 rings (SSSR count). The van der Waals surface area contributed by atoms with Crippen LogP contribution in [0.4, 0.5) is 0 Å². The number of amidine groups is 1. The lowest BCUT2D eigenvalue weighted by atomic mass is 10.0. The Morgan fingerprint density at radius 1 is 1.14 bits per heavy atom. The Balaban J connectivity index is 1.57. The predicted molar refractivity (Wildman–Crippen MR) is 114 cm³/mol. The molecule has 0 bridgehead atoms. The highest BCUT2D eigenvalue weighted by Crippen LogP contribution is 2.47. The topological polar surface area (TPSA) is 70.7 Å². The molecular formula is C22H20N4O2S. The number of aromatic carboxylic acids is 1. The molecule has 2 aromatic heterocycles. The van der Waals surface area contributed by atoms with Gasteiger partial charge in [0.15, 0.2) is 5.17 Å². The molecule has 4 heterocycles. The van der Waals surface area contributed by atoms with Crippen molar-refractivity contribution < 1.29 is 9.90 Å². The van der Waals surface area contributed by atoms with Gasteiger partial charge in [0.25, 0.3) is 0 Å². The molecule has 0 amide bonds. The van der Waals surface area contributed by atoms with E-state index in [9.17, 15) is 9.90 Å². The van der Waals surface area contributed by atoms with Gasteiger partial charge in [-0.3, -0.25) is 9.98 Å². The standard InChI is InChI=1S/C22H20N4O2S/c1-14-13-26-20(19(24-22(26)29-14)17-5-2-3-11-23-17)18-6-4-12-25(18)16-9-7-15(8-10-16)21(27)28/h2-12,14,19-20H,13H2,1H3,(H,27,28)/t14-,19-,20-/m1/s1. The zero-order chi connectivity index (χ0) is 20.0. The fourth-order valence-corrected chi connectivity index (χ4v) is 5.17. The van der Waals surface area contributed by atoms with Crippen LogP contribution >= 0.6 is 11.8 Å². The van der Waals surface area contributed by atoms with E-state index in [-0.39, 0.29) is 17.6 Å². The number of hydrogen-bond donors (Lipinski definition) is 1. The van der Waals surface area contributed by atoms with Crippen LogP contribution in [0.5, 0.6) is 0 Å². The Hall–Kier alpha value is -3.06. The largest absolute Gasteiger partial charge is 0.478 e. The summed E-state index contributed by atoms with van der Waals surface area (Å²) in [5, 5.41) is 10.8. The number of nitrogens with zero attached hydrogens (tertiary/aromatic N) is 4. The Bertz CT molecular complexity index is 1080. The maximum atomic E-state index is 11.2. The lowest BCUT2D eigenvalue weighted by Gasteiger charge is -2.28. The quantitative estimate of drug-likeness (QED) is 0.707. The number of benzene rings is 1. The van der Waals surface area contributed by atoms with E-state index in [2.05, 4.69) is 27.4 Å². The summed E-state index contributed by atoms with van der Waals surface area (Å²) in [5.41, 5.74) is 3.30. The van der Waals surface area contributed by atoms with Gasteiger partial charge in [0.05, 0.1) is 17.3 Å². The van der Waals surface area contributed by atoms with Gasteiger partial charge in [-0.1, -0.05) is 24.8 Å². The Morgan fingerprint density at radius 2 is 1.97 bits per heavy atom.